The third kappa shape index (κ3) is 5.18. The summed E-state index contributed by atoms with van der Waals surface area (Å²) >= 11 is 0. The first-order chi connectivity index (χ1) is 15.5. The number of hydrogen-bond donors (Lipinski definition) is 3. The molecule has 3 rings (SSSR count). The first-order valence-corrected chi connectivity index (χ1v) is 11.3. The summed E-state index contributed by atoms with van der Waals surface area (Å²) in [6, 6.07) is 9.90. The predicted octanol–water partition coefficient (Wildman–Crippen LogP) is 1.37. The maximum atomic E-state index is 12.8. The maximum Gasteiger partial charge on any atom is 0.341 e. The summed E-state index contributed by atoms with van der Waals surface area (Å²) in [5.74, 6) is -1.80. The third-order valence-electron chi connectivity index (χ3n) is 4.64. The number of amides is 1. The van der Waals surface area contributed by atoms with Crippen LogP contribution in [0.15, 0.2) is 52.2 Å². The van der Waals surface area contributed by atoms with E-state index in [4.69, 9.17) is 9.84 Å². The molecule has 1 amide bonds. The molecule has 0 aliphatic heterocycles. The number of aliphatic carboxylic acids is 1. The summed E-state index contributed by atoms with van der Waals surface area (Å²) < 4.78 is 31.5. The number of benzene rings is 2. The molecule has 3 aromatic rings. The van der Waals surface area contributed by atoms with Crippen molar-refractivity contribution >= 4 is 32.7 Å². The number of sulfonamides is 1. The van der Waals surface area contributed by atoms with Crippen molar-refractivity contribution in [2.24, 2.45) is 0 Å². The highest BCUT2D eigenvalue weighted by atomic mass is 32.2. The van der Waals surface area contributed by atoms with Crippen LogP contribution < -0.4 is 20.6 Å². The lowest BCUT2D eigenvalue weighted by atomic mass is 10.1. The number of aromatic nitrogens is 2. The number of aryl methyl sites for hydroxylation is 1. The summed E-state index contributed by atoms with van der Waals surface area (Å²) in [5, 5.41) is 13.4. The van der Waals surface area contributed by atoms with Gasteiger partial charge in [-0.3, -0.25) is 15.0 Å². The fourth-order valence-corrected chi connectivity index (χ4v) is 3.97. The summed E-state index contributed by atoms with van der Waals surface area (Å²) in [4.78, 5) is 37.9. The van der Waals surface area contributed by atoms with Crippen molar-refractivity contribution in [1.82, 2.24) is 20.0 Å². The molecular weight excluding hydrogens is 452 g/mol. The van der Waals surface area contributed by atoms with Gasteiger partial charge in [-0.2, -0.15) is 5.10 Å². The van der Waals surface area contributed by atoms with Crippen molar-refractivity contribution in [3.05, 3.63) is 64.1 Å². The summed E-state index contributed by atoms with van der Waals surface area (Å²) in [5.41, 5.74) is 2.04. The minimum Gasteiger partial charge on any atom is -0.482 e. The van der Waals surface area contributed by atoms with E-state index in [9.17, 15) is 22.8 Å². The van der Waals surface area contributed by atoms with E-state index >= 15 is 0 Å². The molecule has 0 saturated carbocycles. The van der Waals surface area contributed by atoms with E-state index in [0.717, 1.165) is 4.68 Å². The van der Waals surface area contributed by atoms with Crippen LogP contribution in [0, 0.1) is 6.92 Å². The van der Waals surface area contributed by atoms with E-state index in [1.165, 1.54) is 18.2 Å². The van der Waals surface area contributed by atoms with E-state index in [-0.39, 0.29) is 38.7 Å². The number of nitrogens with zero attached hydrogens (tertiary/aromatic N) is 2. The van der Waals surface area contributed by atoms with Crippen molar-refractivity contribution in [3.63, 3.8) is 0 Å². The molecule has 174 valence electrons. The molecule has 3 N–H and O–H groups in total. The molecule has 12 heteroatoms. The summed E-state index contributed by atoms with van der Waals surface area (Å²) in [6.45, 7) is 4.46. The molecule has 33 heavy (non-hydrogen) atoms. The Morgan fingerprint density at radius 3 is 2.42 bits per heavy atom. The van der Waals surface area contributed by atoms with Crippen molar-refractivity contribution in [3.8, 4) is 5.75 Å². The predicted molar refractivity (Wildman–Crippen MR) is 118 cm³/mol. The van der Waals surface area contributed by atoms with Gasteiger partial charge in [0.1, 0.15) is 5.75 Å². The van der Waals surface area contributed by atoms with Gasteiger partial charge in [0, 0.05) is 5.39 Å². The Labute approximate surface area is 189 Å². The van der Waals surface area contributed by atoms with Gasteiger partial charge in [-0.15, -0.1) is 4.83 Å². The maximum absolute atomic E-state index is 12.8. The Hall–Kier alpha value is -3.77. The fraction of sp³-hybridized carbons (Fsp3) is 0.238. The lowest BCUT2D eigenvalue weighted by Gasteiger charge is -2.14. The third-order valence-corrected chi connectivity index (χ3v) is 5.88. The average molecular weight is 474 g/mol. The van der Waals surface area contributed by atoms with Gasteiger partial charge in [-0.1, -0.05) is 18.2 Å². The number of fused-ring (bicyclic) bond motifs is 1. The minimum atomic E-state index is -4.17. The second kappa shape index (κ2) is 9.38. The number of carbonyl (C=O) groups excluding carboxylic acids is 1. The van der Waals surface area contributed by atoms with E-state index in [1.807, 2.05) is 4.83 Å². The molecule has 0 aliphatic rings. The second-order valence-corrected chi connectivity index (χ2v) is 9.09. The lowest BCUT2D eigenvalue weighted by Crippen LogP contribution is -2.42. The van der Waals surface area contributed by atoms with E-state index < -0.39 is 28.5 Å². The van der Waals surface area contributed by atoms with Crippen LogP contribution in [0.5, 0.6) is 5.75 Å². The van der Waals surface area contributed by atoms with Gasteiger partial charge >= 0.3 is 5.97 Å². The van der Waals surface area contributed by atoms with Crippen LogP contribution in [0.2, 0.25) is 0 Å². The molecule has 0 saturated heterocycles. The van der Waals surface area contributed by atoms with Gasteiger partial charge in [0.05, 0.1) is 16.3 Å². The molecule has 2 aromatic carbocycles. The van der Waals surface area contributed by atoms with Gasteiger partial charge in [-0.25, -0.2) is 17.9 Å². The molecular formula is C21H22N4O7S. The Bertz CT molecular complexity index is 1400. The first-order valence-electron chi connectivity index (χ1n) is 9.80. The smallest absolute Gasteiger partial charge is 0.341 e. The Morgan fingerprint density at radius 1 is 1.15 bits per heavy atom. The molecule has 0 atom stereocenters. The van der Waals surface area contributed by atoms with Crippen LogP contribution in [-0.2, 0) is 14.8 Å². The number of carboxylic acid groups (broad SMARTS) is 1. The Morgan fingerprint density at radius 2 is 1.82 bits per heavy atom. The number of ether oxygens (including phenoxy) is 1. The second-order valence-electron chi connectivity index (χ2n) is 7.41. The normalized spacial score (nSPS) is 11.5. The van der Waals surface area contributed by atoms with Crippen LogP contribution in [0.25, 0.3) is 10.8 Å². The minimum absolute atomic E-state index is 0.116. The van der Waals surface area contributed by atoms with Gasteiger partial charge < -0.3 is 9.84 Å². The highest BCUT2D eigenvalue weighted by Crippen LogP contribution is 2.22. The molecule has 11 nitrogen and oxygen atoms in total. The van der Waals surface area contributed by atoms with Crippen molar-refractivity contribution < 1.29 is 27.9 Å². The number of nitrogens with one attached hydrogen (secondary N) is 2. The highest BCUT2D eigenvalue weighted by molar-refractivity contribution is 7.89. The van der Waals surface area contributed by atoms with Crippen molar-refractivity contribution in [2.45, 2.75) is 31.7 Å². The van der Waals surface area contributed by atoms with Gasteiger partial charge in [0.2, 0.25) is 0 Å². The SMILES string of the molecule is Cc1cc(S(=O)(=O)NNC(=O)c2nn(C(C)C)c(=O)c3ccccc23)ccc1OCC(=O)O. The Balaban J connectivity index is 1.85. The number of hydrazine groups is 1. The summed E-state index contributed by atoms with van der Waals surface area (Å²) in [6.07, 6.45) is 0. The number of carboxylic acids is 1. The van der Waals surface area contributed by atoms with Gasteiger partial charge in [0.15, 0.2) is 12.3 Å². The van der Waals surface area contributed by atoms with Gasteiger partial charge in [-0.05, 0) is 50.6 Å². The fourth-order valence-electron chi connectivity index (χ4n) is 3.05. The monoisotopic (exact) mass is 474 g/mol. The van der Waals surface area contributed by atoms with Crippen LogP contribution in [0.1, 0.15) is 35.9 Å². The lowest BCUT2D eigenvalue weighted by molar-refractivity contribution is -0.139. The van der Waals surface area contributed by atoms with E-state index in [2.05, 4.69) is 10.5 Å². The van der Waals surface area contributed by atoms with E-state index in [0.29, 0.717) is 5.56 Å². The molecule has 1 aromatic heterocycles. The number of hydrogen-bond acceptors (Lipinski definition) is 7. The molecule has 0 unspecified atom stereocenters. The molecule has 0 radical (unpaired) electrons. The zero-order chi connectivity index (χ0) is 24.3. The van der Waals surface area contributed by atoms with Crippen LogP contribution in [0.3, 0.4) is 0 Å². The Kier molecular flexibility index (Phi) is 6.79. The molecule has 0 bridgehead atoms. The van der Waals surface area contributed by atoms with E-state index in [1.54, 1.807) is 45.0 Å². The molecule has 1 heterocycles. The number of rotatable bonds is 8. The number of carbonyl (C=O) groups is 2. The quantitative estimate of drug-likeness (QED) is 0.413. The van der Waals surface area contributed by atoms with Crippen molar-refractivity contribution in [1.29, 1.82) is 0 Å². The van der Waals surface area contributed by atoms with Crippen LogP contribution in [-0.4, -0.2) is 41.8 Å². The topological polar surface area (TPSA) is 157 Å². The molecule has 0 aliphatic carbocycles. The average Bonchev–Trinajstić information content (AvgIpc) is 2.76. The van der Waals surface area contributed by atoms with Crippen LogP contribution in [0.4, 0.5) is 0 Å². The summed E-state index contributed by atoms with van der Waals surface area (Å²) in [7, 11) is -4.17. The largest absolute Gasteiger partial charge is 0.482 e. The molecule has 0 fully saturated rings. The van der Waals surface area contributed by atoms with Crippen molar-refractivity contribution in [2.75, 3.05) is 6.61 Å². The highest BCUT2D eigenvalue weighted by Gasteiger charge is 2.21. The zero-order valence-electron chi connectivity index (χ0n) is 18.0. The molecule has 0 spiro atoms. The van der Waals surface area contributed by atoms with Crippen LogP contribution >= 0.6 is 0 Å². The standard InChI is InChI=1S/C21H22N4O7S/c1-12(2)25-21(29)16-7-5-4-6-15(16)19(23-25)20(28)22-24-33(30,31)14-8-9-17(13(3)10-14)32-11-18(26)27/h4-10,12,24H,11H2,1-3H3,(H,22,28)(H,26,27). The van der Waals surface area contributed by atoms with Gasteiger partial charge in [0.25, 0.3) is 21.5 Å². The zero-order valence-corrected chi connectivity index (χ0v) is 18.8. The first kappa shape index (κ1) is 23.9.